The summed E-state index contributed by atoms with van der Waals surface area (Å²) in [5, 5.41) is 4.40. The van der Waals surface area contributed by atoms with Crippen LogP contribution in [0.3, 0.4) is 0 Å². The van der Waals surface area contributed by atoms with Crippen molar-refractivity contribution in [1.29, 1.82) is 0 Å². The Bertz CT molecular complexity index is 417. The van der Waals surface area contributed by atoms with Crippen LogP contribution in [0.1, 0.15) is 32.3 Å². The Morgan fingerprint density at radius 2 is 2.15 bits per heavy atom. The Hall–Kier alpha value is -0.640. The summed E-state index contributed by atoms with van der Waals surface area (Å²) in [6, 6.07) is 2.04. The largest absolute Gasteiger partial charge is 0.381 e. The minimum Gasteiger partial charge on any atom is -0.381 e. The Balaban J connectivity index is 2.04. The molecule has 0 spiro atoms. The molecule has 1 aromatic rings. The zero-order valence-corrected chi connectivity index (χ0v) is 13.2. The van der Waals surface area contributed by atoms with E-state index in [2.05, 4.69) is 24.1 Å². The summed E-state index contributed by atoms with van der Waals surface area (Å²) in [5.74, 6) is 0.677. The molecule has 112 valence electrons. The fourth-order valence-electron chi connectivity index (χ4n) is 2.80. The fourth-order valence-corrected chi connectivity index (χ4v) is 2.98. The van der Waals surface area contributed by atoms with Crippen molar-refractivity contribution in [2.24, 2.45) is 11.3 Å². The molecule has 2 heterocycles. The summed E-state index contributed by atoms with van der Waals surface area (Å²) >= 11 is 6.28. The van der Waals surface area contributed by atoms with E-state index in [9.17, 15) is 0 Å². The molecule has 0 amide bonds. The predicted molar refractivity (Wildman–Crippen MR) is 83.1 cm³/mol. The number of pyridine rings is 1. The normalized spacial score (nSPS) is 18.4. The fraction of sp³-hybridized carbons (Fsp3) is 0.688. The molecule has 1 N–H and O–H groups in total. The molecule has 0 bridgehead atoms. The van der Waals surface area contributed by atoms with Gasteiger partial charge in [-0.15, -0.1) is 0 Å². The van der Waals surface area contributed by atoms with Crippen LogP contribution in [0, 0.1) is 11.3 Å². The Morgan fingerprint density at radius 3 is 2.80 bits per heavy atom. The molecule has 0 aromatic carbocycles. The third kappa shape index (κ3) is 4.44. The summed E-state index contributed by atoms with van der Waals surface area (Å²) in [6.07, 6.45) is 6.76. The van der Waals surface area contributed by atoms with E-state index in [0.717, 1.165) is 50.6 Å². The van der Waals surface area contributed by atoms with E-state index in [4.69, 9.17) is 16.3 Å². The monoisotopic (exact) mass is 296 g/mol. The predicted octanol–water partition coefficient (Wildman–Crippen LogP) is 3.32. The van der Waals surface area contributed by atoms with Gasteiger partial charge in [0.25, 0.3) is 0 Å². The van der Waals surface area contributed by atoms with Crippen molar-refractivity contribution in [2.45, 2.75) is 33.1 Å². The van der Waals surface area contributed by atoms with Gasteiger partial charge < -0.3 is 10.1 Å². The van der Waals surface area contributed by atoms with Crippen molar-refractivity contribution in [2.75, 3.05) is 26.3 Å². The zero-order chi connectivity index (χ0) is 14.4. The van der Waals surface area contributed by atoms with Gasteiger partial charge in [0.05, 0.1) is 5.02 Å². The van der Waals surface area contributed by atoms with Crippen molar-refractivity contribution in [3.63, 3.8) is 0 Å². The van der Waals surface area contributed by atoms with E-state index >= 15 is 0 Å². The summed E-state index contributed by atoms with van der Waals surface area (Å²) in [7, 11) is 0. The molecule has 1 aliphatic rings. The third-order valence-corrected chi connectivity index (χ3v) is 4.37. The van der Waals surface area contributed by atoms with Crippen LogP contribution in [-0.2, 0) is 11.2 Å². The molecule has 1 fully saturated rings. The van der Waals surface area contributed by atoms with Crippen molar-refractivity contribution in [3.8, 4) is 0 Å². The maximum absolute atomic E-state index is 6.28. The molecule has 0 aliphatic carbocycles. The average molecular weight is 297 g/mol. The topological polar surface area (TPSA) is 34.2 Å². The molecule has 2 rings (SSSR count). The molecule has 1 aromatic heterocycles. The van der Waals surface area contributed by atoms with Crippen molar-refractivity contribution in [3.05, 3.63) is 29.0 Å². The highest BCUT2D eigenvalue weighted by atomic mass is 35.5. The van der Waals surface area contributed by atoms with E-state index < -0.39 is 0 Å². The molecule has 0 atom stereocenters. The number of ether oxygens (including phenoxy) is 1. The van der Waals surface area contributed by atoms with Crippen LogP contribution in [0.5, 0.6) is 0 Å². The second-order valence-corrected chi connectivity index (χ2v) is 6.69. The molecule has 0 unspecified atom stereocenters. The molecule has 1 saturated heterocycles. The molecular weight excluding hydrogens is 272 g/mol. The van der Waals surface area contributed by atoms with Gasteiger partial charge in [0.2, 0.25) is 0 Å². The third-order valence-electron chi connectivity index (χ3n) is 4.03. The van der Waals surface area contributed by atoms with Crippen molar-refractivity contribution >= 4 is 11.6 Å². The lowest BCUT2D eigenvalue weighted by Gasteiger charge is -2.38. The summed E-state index contributed by atoms with van der Waals surface area (Å²) in [6.45, 7) is 8.28. The van der Waals surface area contributed by atoms with E-state index in [-0.39, 0.29) is 5.41 Å². The Kier molecular flexibility index (Phi) is 5.82. The maximum atomic E-state index is 6.28. The van der Waals surface area contributed by atoms with Crippen LogP contribution in [0.4, 0.5) is 0 Å². The highest BCUT2D eigenvalue weighted by molar-refractivity contribution is 6.31. The number of aromatic nitrogens is 1. The maximum Gasteiger partial charge on any atom is 0.0621 e. The molecule has 4 heteroatoms. The number of hydrogen-bond acceptors (Lipinski definition) is 3. The quantitative estimate of drug-likeness (QED) is 0.874. The molecular formula is C16H25ClN2O. The summed E-state index contributed by atoms with van der Waals surface area (Å²) < 4.78 is 5.55. The minimum absolute atomic E-state index is 0.262. The summed E-state index contributed by atoms with van der Waals surface area (Å²) in [4.78, 5) is 4.07. The van der Waals surface area contributed by atoms with Crippen LogP contribution >= 0.6 is 11.6 Å². The van der Waals surface area contributed by atoms with Crippen LogP contribution in [-0.4, -0.2) is 31.3 Å². The highest BCUT2D eigenvalue weighted by Gasteiger charge is 2.33. The van der Waals surface area contributed by atoms with Gasteiger partial charge in [0, 0.05) is 32.2 Å². The van der Waals surface area contributed by atoms with E-state index in [0.29, 0.717) is 5.92 Å². The lowest BCUT2D eigenvalue weighted by molar-refractivity contribution is 0.0147. The van der Waals surface area contributed by atoms with Gasteiger partial charge >= 0.3 is 0 Å². The van der Waals surface area contributed by atoms with Crippen LogP contribution < -0.4 is 5.32 Å². The SMILES string of the molecule is CC(C)CNCC1(Cc2ccncc2Cl)CCOCC1. The molecule has 1 aliphatic heterocycles. The van der Waals surface area contributed by atoms with Crippen molar-refractivity contribution in [1.82, 2.24) is 10.3 Å². The van der Waals surface area contributed by atoms with Gasteiger partial charge in [0.15, 0.2) is 0 Å². The van der Waals surface area contributed by atoms with Gasteiger partial charge in [-0.3, -0.25) is 4.98 Å². The molecule has 0 saturated carbocycles. The van der Waals surface area contributed by atoms with E-state index in [1.54, 1.807) is 6.20 Å². The van der Waals surface area contributed by atoms with Crippen LogP contribution in [0.25, 0.3) is 0 Å². The number of rotatable bonds is 6. The first-order valence-corrected chi connectivity index (χ1v) is 7.86. The number of nitrogens with one attached hydrogen (secondary N) is 1. The highest BCUT2D eigenvalue weighted by Crippen LogP contribution is 2.35. The first-order chi connectivity index (χ1) is 9.61. The second kappa shape index (κ2) is 7.39. The van der Waals surface area contributed by atoms with Gasteiger partial charge in [0.1, 0.15) is 0 Å². The lowest BCUT2D eigenvalue weighted by atomic mass is 9.75. The Labute approximate surface area is 127 Å². The number of hydrogen-bond donors (Lipinski definition) is 1. The van der Waals surface area contributed by atoms with Gasteiger partial charge in [-0.05, 0) is 48.8 Å². The number of halogens is 1. The minimum atomic E-state index is 0.262. The zero-order valence-electron chi connectivity index (χ0n) is 12.5. The molecule has 3 nitrogen and oxygen atoms in total. The number of nitrogens with zero attached hydrogens (tertiary/aromatic N) is 1. The van der Waals surface area contributed by atoms with Crippen LogP contribution in [0.2, 0.25) is 5.02 Å². The summed E-state index contributed by atoms with van der Waals surface area (Å²) in [5.41, 5.74) is 1.47. The first kappa shape index (κ1) is 15.7. The Morgan fingerprint density at radius 1 is 1.40 bits per heavy atom. The van der Waals surface area contributed by atoms with E-state index in [1.807, 2.05) is 12.3 Å². The van der Waals surface area contributed by atoms with Gasteiger partial charge in [-0.2, -0.15) is 0 Å². The standard InChI is InChI=1S/C16H25ClN2O/c1-13(2)10-19-12-16(4-7-20-8-5-16)9-14-3-6-18-11-15(14)17/h3,6,11,13,19H,4-5,7-10,12H2,1-2H3. The first-order valence-electron chi connectivity index (χ1n) is 7.48. The van der Waals surface area contributed by atoms with Gasteiger partial charge in [-0.1, -0.05) is 25.4 Å². The van der Waals surface area contributed by atoms with Crippen molar-refractivity contribution < 1.29 is 4.74 Å². The smallest absolute Gasteiger partial charge is 0.0621 e. The molecule has 20 heavy (non-hydrogen) atoms. The van der Waals surface area contributed by atoms with Gasteiger partial charge in [-0.25, -0.2) is 0 Å². The second-order valence-electron chi connectivity index (χ2n) is 6.28. The van der Waals surface area contributed by atoms with E-state index in [1.165, 1.54) is 5.56 Å². The molecule has 0 radical (unpaired) electrons. The lowest BCUT2D eigenvalue weighted by Crippen LogP contribution is -2.41. The van der Waals surface area contributed by atoms with Crippen LogP contribution in [0.15, 0.2) is 18.5 Å². The average Bonchev–Trinajstić information content (AvgIpc) is 2.42.